The van der Waals surface area contributed by atoms with Gasteiger partial charge in [-0.1, -0.05) is 36.8 Å². The number of hydrogen-bond acceptors (Lipinski definition) is 3. The molecule has 0 radical (unpaired) electrons. The zero-order valence-electron chi connectivity index (χ0n) is 16.4. The molecule has 1 fully saturated rings. The van der Waals surface area contributed by atoms with Crippen molar-refractivity contribution in [3.8, 4) is 0 Å². The average Bonchev–Trinajstić information content (AvgIpc) is 2.79. The van der Waals surface area contributed by atoms with Crippen LogP contribution in [-0.4, -0.2) is 24.2 Å². The number of carbonyl (C=O) groups excluding carboxylic acids is 1. The SMILES string of the molecule is CCCCO[C@H]1CCC[C@]2(C1)NC(=O)C(c1c(C)cc(C)cc1C)=C2[O-]. The van der Waals surface area contributed by atoms with Crippen LogP contribution in [0.4, 0.5) is 0 Å². The van der Waals surface area contributed by atoms with Gasteiger partial charge in [-0.15, -0.1) is 0 Å². The maximum absolute atomic E-state index is 13.4. The van der Waals surface area contributed by atoms with E-state index in [2.05, 4.69) is 12.2 Å². The Morgan fingerprint density at radius 3 is 2.62 bits per heavy atom. The van der Waals surface area contributed by atoms with Crippen molar-refractivity contribution < 1.29 is 14.6 Å². The lowest BCUT2D eigenvalue weighted by atomic mass is 9.78. The highest BCUT2D eigenvalue weighted by atomic mass is 16.5. The van der Waals surface area contributed by atoms with Crippen LogP contribution < -0.4 is 10.4 Å². The van der Waals surface area contributed by atoms with Crippen molar-refractivity contribution in [2.75, 3.05) is 6.61 Å². The normalized spacial score (nSPS) is 25.8. The molecule has 1 aliphatic carbocycles. The van der Waals surface area contributed by atoms with Crippen molar-refractivity contribution in [1.29, 1.82) is 0 Å². The van der Waals surface area contributed by atoms with E-state index >= 15 is 0 Å². The van der Waals surface area contributed by atoms with Gasteiger partial charge in [0, 0.05) is 12.2 Å². The molecule has 1 saturated carbocycles. The maximum atomic E-state index is 13.4. The van der Waals surface area contributed by atoms with Gasteiger partial charge in [-0.25, -0.2) is 0 Å². The van der Waals surface area contributed by atoms with Crippen LogP contribution in [0.25, 0.3) is 5.57 Å². The van der Waals surface area contributed by atoms with E-state index in [1.54, 1.807) is 0 Å². The van der Waals surface area contributed by atoms with E-state index in [1.165, 1.54) is 0 Å². The molecule has 0 unspecified atom stereocenters. The predicted molar refractivity (Wildman–Crippen MR) is 102 cm³/mol. The molecule has 4 nitrogen and oxygen atoms in total. The van der Waals surface area contributed by atoms with E-state index in [0.717, 1.165) is 54.5 Å². The maximum Gasteiger partial charge on any atom is 0.251 e. The molecule has 0 aromatic heterocycles. The molecular weight excluding hydrogens is 326 g/mol. The Bertz CT molecular complexity index is 714. The van der Waals surface area contributed by atoms with Crippen molar-refractivity contribution in [3.05, 3.63) is 40.1 Å². The molecule has 1 aromatic carbocycles. The Morgan fingerprint density at radius 1 is 1.27 bits per heavy atom. The average molecular weight is 356 g/mol. The van der Waals surface area contributed by atoms with Gasteiger partial charge >= 0.3 is 0 Å². The molecule has 0 bridgehead atoms. The fraction of sp³-hybridized carbons (Fsp3) is 0.591. The second kappa shape index (κ2) is 7.43. The van der Waals surface area contributed by atoms with Gasteiger partial charge < -0.3 is 15.2 Å². The van der Waals surface area contributed by atoms with Crippen molar-refractivity contribution >= 4 is 11.5 Å². The van der Waals surface area contributed by atoms with Gasteiger partial charge in [0.2, 0.25) is 0 Å². The summed E-state index contributed by atoms with van der Waals surface area (Å²) in [6, 6.07) is 4.08. The van der Waals surface area contributed by atoms with Crippen LogP contribution in [0.5, 0.6) is 0 Å². The van der Waals surface area contributed by atoms with Gasteiger partial charge in [0.1, 0.15) is 0 Å². The van der Waals surface area contributed by atoms with E-state index in [0.29, 0.717) is 18.4 Å². The lowest BCUT2D eigenvalue weighted by molar-refractivity contribution is -0.318. The fourth-order valence-corrected chi connectivity index (χ4v) is 4.56. The molecule has 1 aromatic rings. The summed E-state index contributed by atoms with van der Waals surface area (Å²) < 4.78 is 5.99. The minimum absolute atomic E-state index is 0.0404. The molecule has 2 atom stereocenters. The zero-order valence-corrected chi connectivity index (χ0v) is 16.4. The predicted octanol–water partition coefficient (Wildman–Crippen LogP) is 3.31. The molecule has 2 aliphatic rings. The van der Waals surface area contributed by atoms with Crippen LogP contribution in [0, 0.1) is 20.8 Å². The lowest BCUT2D eigenvalue weighted by Gasteiger charge is -2.42. The quantitative estimate of drug-likeness (QED) is 0.824. The molecule has 1 aliphatic heterocycles. The topological polar surface area (TPSA) is 61.4 Å². The minimum Gasteiger partial charge on any atom is -0.873 e. The Labute approximate surface area is 156 Å². The summed E-state index contributed by atoms with van der Waals surface area (Å²) >= 11 is 0. The van der Waals surface area contributed by atoms with Crippen LogP contribution in [0.1, 0.15) is 67.7 Å². The highest BCUT2D eigenvalue weighted by molar-refractivity contribution is 6.23. The van der Waals surface area contributed by atoms with E-state index in [4.69, 9.17) is 4.74 Å². The number of nitrogens with one attached hydrogen (secondary N) is 1. The van der Waals surface area contributed by atoms with Crippen molar-refractivity contribution in [1.82, 2.24) is 5.32 Å². The van der Waals surface area contributed by atoms with Crippen molar-refractivity contribution in [3.63, 3.8) is 0 Å². The van der Waals surface area contributed by atoms with E-state index < -0.39 is 5.54 Å². The Hall–Kier alpha value is -1.81. The van der Waals surface area contributed by atoms with Gasteiger partial charge in [-0.3, -0.25) is 4.79 Å². The summed E-state index contributed by atoms with van der Waals surface area (Å²) in [5.74, 6) is -0.263. The summed E-state index contributed by atoms with van der Waals surface area (Å²) in [5.41, 5.74) is 3.50. The molecular formula is C22H30NO3-. The number of carbonyl (C=O) groups is 1. The first-order chi connectivity index (χ1) is 12.4. The molecule has 1 heterocycles. The number of rotatable bonds is 5. The van der Waals surface area contributed by atoms with Gasteiger partial charge in [0.15, 0.2) is 0 Å². The smallest absolute Gasteiger partial charge is 0.251 e. The van der Waals surface area contributed by atoms with Gasteiger partial charge in [-0.05, 0) is 69.6 Å². The largest absolute Gasteiger partial charge is 0.873 e. The number of benzene rings is 1. The van der Waals surface area contributed by atoms with Crippen LogP contribution in [0.15, 0.2) is 17.9 Å². The summed E-state index contributed by atoms with van der Waals surface area (Å²) in [5, 5.41) is 16.4. The van der Waals surface area contributed by atoms with Crippen molar-refractivity contribution in [2.45, 2.75) is 77.9 Å². The Kier molecular flexibility index (Phi) is 5.42. The van der Waals surface area contributed by atoms with Crippen molar-refractivity contribution in [2.24, 2.45) is 0 Å². The van der Waals surface area contributed by atoms with E-state index in [9.17, 15) is 9.90 Å². The third-order valence-electron chi connectivity index (χ3n) is 5.73. The second-order valence-electron chi connectivity index (χ2n) is 7.96. The summed E-state index contributed by atoms with van der Waals surface area (Å²) in [4.78, 5) is 12.8. The van der Waals surface area contributed by atoms with Crippen LogP contribution in [0.3, 0.4) is 0 Å². The first-order valence-electron chi connectivity index (χ1n) is 9.82. The highest BCUT2D eigenvalue weighted by Gasteiger charge is 2.44. The summed E-state index contributed by atoms with van der Waals surface area (Å²) in [6.07, 6.45) is 5.35. The van der Waals surface area contributed by atoms with Crippen LogP contribution in [-0.2, 0) is 9.53 Å². The fourth-order valence-electron chi connectivity index (χ4n) is 4.56. The third kappa shape index (κ3) is 3.39. The van der Waals surface area contributed by atoms with Gasteiger partial charge in [0.25, 0.3) is 5.91 Å². The first kappa shape index (κ1) is 19.0. The number of aryl methyl sites for hydroxylation is 3. The molecule has 142 valence electrons. The molecule has 3 rings (SSSR count). The van der Waals surface area contributed by atoms with Gasteiger partial charge in [0.05, 0.1) is 11.6 Å². The molecule has 1 N–H and O–H groups in total. The second-order valence-corrected chi connectivity index (χ2v) is 7.96. The number of unbranched alkanes of at least 4 members (excludes halogenated alkanes) is 1. The lowest BCUT2D eigenvalue weighted by Crippen LogP contribution is -2.52. The van der Waals surface area contributed by atoms with Crippen LogP contribution >= 0.6 is 0 Å². The Balaban J connectivity index is 1.93. The molecule has 4 heteroatoms. The Morgan fingerprint density at radius 2 is 1.96 bits per heavy atom. The molecule has 26 heavy (non-hydrogen) atoms. The number of hydrogen-bond donors (Lipinski definition) is 1. The monoisotopic (exact) mass is 356 g/mol. The van der Waals surface area contributed by atoms with Gasteiger partial charge in [-0.2, -0.15) is 0 Å². The standard InChI is InChI=1S/C22H31NO3/c1-5-6-10-26-17-8-7-9-22(13-17)20(24)19(21(25)23-22)18-15(3)11-14(2)12-16(18)4/h11-12,17,24H,5-10,13H2,1-4H3,(H,23,25)/p-1/t17-,22+/m0/s1. The van der Waals surface area contributed by atoms with E-state index in [-0.39, 0.29) is 17.8 Å². The number of ether oxygens (including phenoxy) is 1. The molecule has 0 saturated heterocycles. The minimum atomic E-state index is -0.773. The number of amides is 1. The molecule has 1 spiro atoms. The summed E-state index contributed by atoms with van der Waals surface area (Å²) in [6.45, 7) is 8.86. The third-order valence-corrected chi connectivity index (χ3v) is 5.73. The zero-order chi connectivity index (χ0) is 18.9. The highest BCUT2D eigenvalue weighted by Crippen LogP contribution is 2.42. The first-order valence-corrected chi connectivity index (χ1v) is 9.82. The summed E-state index contributed by atoms with van der Waals surface area (Å²) in [7, 11) is 0. The molecule has 1 amide bonds. The van der Waals surface area contributed by atoms with E-state index in [1.807, 2.05) is 32.9 Å². The van der Waals surface area contributed by atoms with Crippen LogP contribution in [0.2, 0.25) is 0 Å².